The van der Waals surface area contributed by atoms with Crippen molar-refractivity contribution in [3.05, 3.63) is 18.0 Å². The van der Waals surface area contributed by atoms with Crippen molar-refractivity contribution in [2.75, 3.05) is 37.6 Å². The lowest BCUT2D eigenvalue weighted by Gasteiger charge is -2.34. The zero-order valence-corrected chi connectivity index (χ0v) is 13.5. The molecule has 1 aliphatic heterocycles. The van der Waals surface area contributed by atoms with Crippen LogP contribution >= 0.6 is 0 Å². The van der Waals surface area contributed by atoms with Crippen LogP contribution in [0.15, 0.2) is 12.4 Å². The average Bonchev–Trinajstić information content (AvgIpc) is 3.23. The Labute approximate surface area is 131 Å². The van der Waals surface area contributed by atoms with Crippen molar-refractivity contribution in [3.63, 3.8) is 0 Å². The molecule has 1 aliphatic carbocycles. The molecule has 2 atom stereocenters. The fraction of sp³-hybridized carbons (Fsp3) is 0.688. The highest BCUT2D eigenvalue weighted by molar-refractivity contribution is 5.94. The number of aromatic nitrogens is 2. The number of amides is 1. The second kappa shape index (κ2) is 6.60. The van der Waals surface area contributed by atoms with Gasteiger partial charge in [-0.15, -0.1) is 0 Å². The third-order valence-electron chi connectivity index (χ3n) is 4.52. The van der Waals surface area contributed by atoms with Crippen LogP contribution in [0.5, 0.6) is 0 Å². The van der Waals surface area contributed by atoms with Crippen LogP contribution in [0.3, 0.4) is 0 Å². The van der Waals surface area contributed by atoms with Crippen LogP contribution in [0.25, 0.3) is 0 Å². The highest BCUT2D eigenvalue weighted by Gasteiger charge is 2.34. The van der Waals surface area contributed by atoms with Crippen LogP contribution in [-0.2, 0) is 0 Å². The zero-order valence-electron chi connectivity index (χ0n) is 13.5. The topological polar surface area (TPSA) is 61.4 Å². The number of nitrogens with zero attached hydrogens (tertiary/aromatic N) is 4. The second-order valence-electron chi connectivity index (χ2n) is 6.39. The molecular formula is C16H25N5O. The predicted molar refractivity (Wildman–Crippen MR) is 86.0 cm³/mol. The lowest BCUT2D eigenvalue weighted by atomic mass is 10.3. The lowest BCUT2D eigenvalue weighted by Crippen LogP contribution is -2.47. The van der Waals surface area contributed by atoms with Crippen LogP contribution in [-0.4, -0.2) is 59.5 Å². The third kappa shape index (κ3) is 3.55. The van der Waals surface area contributed by atoms with Gasteiger partial charge in [-0.25, -0.2) is 9.97 Å². The minimum absolute atomic E-state index is 0.0614. The van der Waals surface area contributed by atoms with Gasteiger partial charge in [0.2, 0.25) is 5.95 Å². The fourth-order valence-electron chi connectivity index (χ4n) is 2.86. The van der Waals surface area contributed by atoms with E-state index in [1.807, 2.05) is 0 Å². The smallest absolute Gasteiger partial charge is 0.254 e. The maximum Gasteiger partial charge on any atom is 0.254 e. The molecule has 120 valence electrons. The number of piperazine rings is 1. The Morgan fingerprint density at radius 3 is 2.45 bits per heavy atom. The van der Waals surface area contributed by atoms with Gasteiger partial charge in [-0.3, -0.25) is 9.69 Å². The first kappa shape index (κ1) is 15.2. The molecule has 1 N–H and O–H groups in total. The van der Waals surface area contributed by atoms with Crippen LogP contribution in [0.1, 0.15) is 37.0 Å². The third-order valence-corrected chi connectivity index (χ3v) is 4.52. The Morgan fingerprint density at radius 2 is 1.91 bits per heavy atom. The van der Waals surface area contributed by atoms with Gasteiger partial charge in [0.05, 0.1) is 5.56 Å². The summed E-state index contributed by atoms with van der Waals surface area (Å²) in [4.78, 5) is 25.4. The first-order valence-corrected chi connectivity index (χ1v) is 8.27. The summed E-state index contributed by atoms with van der Waals surface area (Å²) in [5, 5.41) is 3.00. The quantitative estimate of drug-likeness (QED) is 0.884. The van der Waals surface area contributed by atoms with Crippen LogP contribution in [0, 0.1) is 5.92 Å². The molecule has 1 amide bonds. The molecule has 1 unspecified atom stereocenters. The summed E-state index contributed by atoms with van der Waals surface area (Å²) in [6, 6.07) is 0.332. The molecule has 6 nitrogen and oxygen atoms in total. The van der Waals surface area contributed by atoms with Gasteiger partial charge in [0.15, 0.2) is 0 Å². The van der Waals surface area contributed by atoms with E-state index in [1.54, 1.807) is 12.4 Å². The van der Waals surface area contributed by atoms with Crippen molar-refractivity contribution < 1.29 is 4.79 Å². The van der Waals surface area contributed by atoms with Crippen LogP contribution in [0.4, 0.5) is 5.95 Å². The molecule has 1 saturated heterocycles. The number of carbonyl (C=O) groups excluding carboxylic acids is 1. The normalized spacial score (nSPS) is 25.1. The summed E-state index contributed by atoms with van der Waals surface area (Å²) in [6.07, 6.45) is 5.55. The summed E-state index contributed by atoms with van der Waals surface area (Å²) >= 11 is 0. The Hall–Kier alpha value is -1.69. The minimum Gasteiger partial charge on any atom is -0.349 e. The Morgan fingerprint density at radius 1 is 1.27 bits per heavy atom. The molecule has 3 rings (SSSR count). The molecular weight excluding hydrogens is 278 g/mol. The number of nitrogens with one attached hydrogen (secondary N) is 1. The average molecular weight is 303 g/mol. The van der Waals surface area contributed by atoms with Crippen LogP contribution in [0.2, 0.25) is 0 Å². The molecule has 2 aliphatic rings. The predicted octanol–water partition coefficient (Wildman–Crippen LogP) is 1.15. The first-order valence-electron chi connectivity index (χ1n) is 8.27. The van der Waals surface area contributed by atoms with Gasteiger partial charge in [-0.1, -0.05) is 13.8 Å². The van der Waals surface area contributed by atoms with E-state index in [0.29, 0.717) is 17.5 Å². The summed E-state index contributed by atoms with van der Waals surface area (Å²) < 4.78 is 0. The maximum absolute atomic E-state index is 12.0. The molecule has 6 heteroatoms. The van der Waals surface area contributed by atoms with Crippen molar-refractivity contribution in [1.82, 2.24) is 20.2 Å². The molecule has 2 heterocycles. The first-order chi connectivity index (χ1) is 10.7. The van der Waals surface area contributed by atoms with Gasteiger partial charge in [0, 0.05) is 44.6 Å². The largest absolute Gasteiger partial charge is 0.349 e. The number of anilines is 1. The number of carbonyl (C=O) groups is 1. The highest BCUT2D eigenvalue weighted by Crippen LogP contribution is 2.29. The molecule has 1 saturated carbocycles. The Kier molecular flexibility index (Phi) is 4.57. The van der Waals surface area contributed by atoms with Gasteiger partial charge in [0.1, 0.15) is 0 Å². The highest BCUT2D eigenvalue weighted by atomic mass is 16.1. The molecule has 0 bridgehead atoms. The molecule has 0 radical (unpaired) electrons. The standard InChI is InChI=1S/C16H25N5O/c1-3-4-20-5-7-21(8-6-20)16-17-10-13(11-18-16)15(22)19-14-9-12(14)2/h10-12,14H,3-9H2,1-2H3,(H,19,22)/t12-,14?/m1/s1. The zero-order chi connectivity index (χ0) is 15.5. The fourth-order valence-corrected chi connectivity index (χ4v) is 2.86. The minimum atomic E-state index is -0.0614. The van der Waals surface area contributed by atoms with E-state index in [9.17, 15) is 4.79 Å². The van der Waals surface area contributed by atoms with E-state index < -0.39 is 0 Å². The summed E-state index contributed by atoms with van der Waals surface area (Å²) in [6.45, 7) is 9.52. The molecule has 0 aromatic carbocycles. The van der Waals surface area contributed by atoms with Crippen molar-refractivity contribution in [1.29, 1.82) is 0 Å². The molecule has 2 fully saturated rings. The summed E-state index contributed by atoms with van der Waals surface area (Å²) in [5.41, 5.74) is 0.549. The van der Waals surface area contributed by atoms with E-state index >= 15 is 0 Å². The summed E-state index contributed by atoms with van der Waals surface area (Å²) in [7, 11) is 0. The number of hydrogen-bond donors (Lipinski definition) is 1. The monoisotopic (exact) mass is 303 g/mol. The Balaban J connectivity index is 1.54. The van der Waals surface area contributed by atoms with Crippen molar-refractivity contribution in [2.45, 2.75) is 32.7 Å². The van der Waals surface area contributed by atoms with Gasteiger partial charge in [-0.2, -0.15) is 0 Å². The Bertz CT molecular complexity index is 510. The van der Waals surface area contributed by atoms with Gasteiger partial charge in [0.25, 0.3) is 5.91 Å². The second-order valence-corrected chi connectivity index (χ2v) is 6.39. The molecule has 0 spiro atoms. The van der Waals surface area contributed by atoms with E-state index in [4.69, 9.17) is 0 Å². The molecule has 22 heavy (non-hydrogen) atoms. The molecule has 1 aromatic heterocycles. The van der Waals surface area contributed by atoms with Gasteiger partial charge >= 0.3 is 0 Å². The van der Waals surface area contributed by atoms with Crippen molar-refractivity contribution >= 4 is 11.9 Å². The maximum atomic E-state index is 12.0. The summed E-state index contributed by atoms with van der Waals surface area (Å²) in [5.74, 6) is 1.27. The molecule has 1 aromatic rings. The van der Waals surface area contributed by atoms with Gasteiger partial charge in [-0.05, 0) is 25.3 Å². The van der Waals surface area contributed by atoms with E-state index in [1.165, 1.54) is 6.42 Å². The van der Waals surface area contributed by atoms with Crippen molar-refractivity contribution in [2.24, 2.45) is 5.92 Å². The lowest BCUT2D eigenvalue weighted by molar-refractivity contribution is 0.0948. The SMILES string of the molecule is CCCN1CCN(c2ncc(C(=O)NC3C[C@H]3C)cn2)CC1. The number of rotatable bonds is 5. The van der Waals surface area contributed by atoms with Crippen molar-refractivity contribution in [3.8, 4) is 0 Å². The van der Waals surface area contributed by atoms with Crippen LogP contribution < -0.4 is 10.2 Å². The van der Waals surface area contributed by atoms with Gasteiger partial charge < -0.3 is 10.2 Å². The van der Waals surface area contributed by atoms with E-state index in [2.05, 4.69) is 38.9 Å². The van der Waals surface area contributed by atoms with E-state index in [-0.39, 0.29) is 5.91 Å². The van der Waals surface area contributed by atoms with E-state index in [0.717, 1.165) is 45.1 Å². The number of hydrogen-bond acceptors (Lipinski definition) is 5.